The van der Waals surface area contributed by atoms with Crippen molar-refractivity contribution in [2.45, 2.75) is 12.8 Å². The highest BCUT2D eigenvalue weighted by atomic mass is 19.1. The second kappa shape index (κ2) is 6.66. The van der Waals surface area contributed by atoms with Crippen LogP contribution in [0.3, 0.4) is 0 Å². The molecule has 1 aromatic carbocycles. The van der Waals surface area contributed by atoms with E-state index in [4.69, 9.17) is 4.74 Å². The normalized spacial score (nSPS) is 23.0. The van der Waals surface area contributed by atoms with Crippen molar-refractivity contribution >= 4 is 11.7 Å². The van der Waals surface area contributed by atoms with E-state index in [9.17, 15) is 14.0 Å². The van der Waals surface area contributed by atoms with Gasteiger partial charge in [0.1, 0.15) is 0 Å². The Morgan fingerprint density at radius 2 is 1.96 bits per heavy atom. The maximum absolute atomic E-state index is 13.6. The number of ketones is 1. The zero-order valence-electron chi connectivity index (χ0n) is 13.2. The summed E-state index contributed by atoms with van der Waals surface area (Å²) in [5.74, 6) is 0.428. The number of carbonyl (C=O) groups excluding carboxylic acids is 2. The highest BCUT2D eigenvalue weighted by Crippen LogP contribution is 2.27. The fourth-order valence-electron chi connectivity index (χ4n) is 3.42. The van der Waals surface area contributed by atoms with Gasteiger partial charge in [-0.2, -0.15) is 0 Å². The molecule has 3 rings (SSSR count). The van der Waals surface area contributed by atoms with Crippen LogP contribution >= 0.6 is 0 Å². The van der Waals surface area contributed by atoms with Crippen LogP contribution in [0.5, 0.6) is 5.75 Å². The van der Waals surface area contributed by atoms with E-state index in [-0.39, 0.29) is 35.8 Å². The molecular formula is C17H21FN2O3. The Labute approximate surface area is 134 Å². The van der Waals surface area contributed by atoms with Crippen molar-refractivity contribution in [3.8, 4) is 5.75 Å². The van der Waals surface area contributed by atoms with Crippen molar-refractivity contribution < 1.29 is 18.7 Å². The van der Waals surface area contributed by atoms with Crippen LogP contribution in [0.4, 0.5) is 4.39 Å². The number of amides is 1. The first-order valence-electron chi connectivity index (χ1n) is 7.93. The van der Waals surface area contributed by atoms with Crippen LogP contribution in [0, 0.1) is 17.7 Å². The molecule has 2 fully saturated rings. The number of hydrogen-bond donors (Lipinski definition) is 1. The number of benzene rings is 1. The summed E-state index contributed by atoms with van der Waals surface area (Å²) in [4.78, 5) is 26.2. The van der Waals surface area contributed by atoms with Crippen LogP contribution in [0.25, 0.3) is 0 Å². The maximum Gasteiger partial charge on any atom is 0.223 e. The zero-order chi connectivity index (χ0) is 16.4. The van der Waals surface area contributed by atoms with Gasteiger partial charge in [0.25, 0.3) is 0 Å². The minimum Gasteiger partial charge on any atom is -0.494 e. The predicted molar refractivity (Wildman–Crippen MR) is 82.9 cm³/mol. The van der Waals surface area contributed by atoms with E-state index in [2.05, 4.69) is 5.32 Å². The maximum atomic E-state index is 13.6. The van der Waals surface area contributed by atoms with Gasteiger partial charge in [-0.1, -0.05) is 0 Å². The number of nitrogens with zero attached hydrogens (tertiary/aromatic N) is 1. The highest BCUT2D eigenvalue weighted by molar-refractivity contribution is 5.98. The summed E-state index contributed by atoms with van der Waals surface area (Å²) in [6.45, 7) is 3.50. The van der Waals surface area contributed by atoms with Crippen LogP contribution in [-0.2, 0) is 4.79 Å². The fraction of sp³-hybridized carbons (Fsp3) is 0.529. The van der Waals surface area contributed by atoms with Crippen LogP contribution < -0.4 is 10.1 Å². The SMILES string of the molecule is COc1ccc(C(=O)CCC(=O)N2C[C@H]3CNC[C@H]3C2)cc1F. The smallest absolute Gasteiger partial charge is 0.223 e. The molecule has 0 aromatic heterocycles. The fourth-order valence-corrected chi connectivity index (χ4v) is 3.42. The van der Waals surface area contributed by atoms with E-state index < -0.39 is 5.82 Å². The lowest BCUT2D eigenvalue weighted by molar-refractivity contribution is -0.130. The summed E-state index contributed by atoms with van der Waals surface area (Å²) >= 11 is 0. The standard InChI is InChI=1S/C17H21FN2O3/c1-23-16-4-2-11(6-14(16)18)15(21)3-5-17(22)20-9-12-7-19-8-13(12)10-20/h2,4,6,12-13,19H,3,5,7-10H2,1H3/t12-,13+. The Bertz CT molecular complexity index is 608. The molecule has 0 radical (unpaired) electrons. The molecule has 2 aliphatic rings. The number of nitrogens with one attached hydrogen (secondary N) is 1. The average Bonchev–Trinajstić information content (AvgIpc) is 3.13. The van der Waals surface area contributed by atoms with Gasteiger partial charge in [-0.25, -0.2) is 4.39 Å². The van der Waals surface area contributed by atoms with Crippen molar-refractivity contribution in [3.05, 3.63) is 29.6 Å². The Balaban J connectivity index is 1.52. The number of hydrogen-bond acceptors (Lipinski definition) is 4. The lowest BCUT2D eigenvalue weighted by Crippen LogP contribution is -2.32. The molecule has 0 bridgehead atoms. The van der Waals surface area contributed by atoms with E-state index in [1.54, 1.807) is 0 Å². The van der Waals surface area contributed by atoms with Crippen molar-refractivity contribution in [2.75, 3.05) is 33.3 Å². The molecule has 124 valence electrons. The van der Waals surface area contributed by atoms with Crippen LogP contribution in [0.1, 0.15) is 23.2 Å². The van der Waals surface area contributed by atoms with E-state index >= 15 is 0 Å². The molecule has 23 heavy (non-hydrogen) atoms. The molecule has 2 atom stereocenters. The Hall–Kier alpha value is -1.95. The molecule has 2 saturated heterocycles. The third-order valence-corrected chi connectivity index (χ3v) is 4.78. The Kier molecular flexibility index (Phi) is 4.61. The number of carbonyl (C=O) groups is 2. The molecule has 1 N–H and O–H groups in total. The summed E-state index contributed by atoms with van der Waals surface area (Å²) in [6.07, 6.45) is 0.286. The monoisotopic (exact) mass is 320 g/mol. The number of likely N-dealkylation sites (tertiary alicyclic amines) is 1. The largest absolute Gasteiger partial charge is 0.494 e. The van der Waals surface area contributed by atoms with Gasteiger partial charge in [-0.15, -0.1) is 0 Å². The first kappa shape index (κ1) is 15.9. The molecular weight excluding hydrogens is 299 g/mol. The van der Waals surface area contributed by atoms with E-state index in [1.807, 2.05) is 4.90 Å². The first-order chi connectivity index (χ1) is 11.1. The van der Waals surface area contributed by atoms with Crippen LogP contribution in [0.2, 0.25) is 0 Å². The summed E-state index contributed by atoms with van der Waals surface area (Å²) in [6, 6.07) is 4.12. The first-order valence-corrected chi connectivity index (χ1v) is 7.93. The Morgan fingerprint density at radius 1 is 1.26 bits per heavy atom. The molecule has 2 heterocycles. The number of rotatable bonds is 5. The minimum atomic E-state index is -0.565. The number of fused-ring (bicyclic) bond motifs is 1. The lowest BCUT2D eigenvalue weighted by atomic mass is 10.0. The topological polar surface area (TPSA) is 58.6 Å². The van der Waals surface area contributed by atoms with Crippen molar-refractivity contribution in [3.63, 3.8) is 0 Å². The van der Waals surface area contributed by atoms with Crippen molar-refractivity contribution in [2.24, 2.45) is 11.8 Å². The molecule has 5 nitrogen and oxygen atoms in total. The van der Waals surface area contributed by atoms with Gasteiger partial charge in [0, 0.05) is 44.6 Å². The number of ether oxygens (including phenoxy) is 1. The third-order valence-electron chi connectivity index (χ3n) is 4.78. The molecule has 0 spiro atoms. The van der Waals surface area contributed by atoms with Gasteiger partial charge < -0.3 is 15.0 Å². The summed E-state index contributed by atoms with van der Waals surface area (Å²) in [5.41, 5.74) is 0.276. The van der Waals surface area contributed by atoms with Gasteiger partial charge in [0.15, 0.2) is 17.3 Å². The van der Waals surface area contributed by atoms with Gasteiger partial charge in [-0.3, -0.25) is 9.59 Å². The van der Waals surface area contributed by atoms with Crippen molar-refractivity contribution in [1.29, 1.82) is 0 Å². The summed E-state index contributed by atoms with van der Waals surface area (Å²) in [5, 5.41) is 3.33. The van der Waals surface area contributed by atoms with E-state index in [0.29, 0.717) is 11.8 Å². The zero-order valence-corrected chi connectivity index (χ0v) is 13.2. The number of Topliss-reactive ketones (excluding diaryl/α,β-unsaturated/α-hetero) is 1. The minimum absolute atomic E-state index is 0.0155. The second-order valence-corrected chi connectivity index (χ2v) is 6.25. The number of methoxy groups -OCH3 is 1. The highest BCUT2D eigenvalue weighted by Gasteiger charge is 2.37. The molecule has 0 unspecified atom stereocenters. The molecule has 2 aliphatic heterocycles. The molecule has 0 saturated carbocycles. The van der Waals surface area contributed by atoms with E-state index in [0.717, 1.165) is 32.2 Å². The predicted octanol–water partition coefficient (Wildman–Crippen LogP) is 1.47. The molecule has 1 amide bonds. The van der Waals surface area contributed by atoms with Crippen LogP contribution in [-0.4, -0.2) is 49.9 Å². The Morgan fingerprint density at radius 3 is 2.57 bits per heavy atom. The van der Waals surface area contributed by atoms with Gasteiger partial charge in [0.2, 0.25) is 5.91 Å². The lowest BCUT2D eigenvalue weighted by Gasteiger charge is -2.17. The molecule has 0 aliphatic carbocycles. The number of halogens is 1. The second-order valence-electron chi connectivity index (χ2n) is 6.25. The molecule has 6 heteroatoms. The van der Waals surface area contributed by atoms with Gasteiger partial charge in [-0.05, 0) is 30.0 Å². The molecule has 1 aromatic rings. The quantitative estimate of drug-likeness (QED) is 0.835. The summed E-state index contributed by atoms with van der Waals surface area (Å²) in [7, 11) is 1.37. The van der Waals surface area contributed by atoms with Gasteiger partial charge >= 0.3 is 0 Å². The third kappa shape index (κ3) is 3.37. The average molecular weight is 320 g/mol. The van der Waals surface area contributed by atoms with Gasteiger partial charge in [0.05, 0.1) is 7.11 Å². The van der Waals surface area contributed by atoms with Crippen molar-refractivity contribution in [1.82, 2.24) is 10.2 Å². The van der Waals surface area contributed by atoms with Crippen LogP contribution in [0.15, 0.2) is 18.2 Å². The van der Waals surface area contributed by atoms with E-state index in [1.165, 1.54) is 19.2 Å². The summed E-state index contributed by atoms with van der Waals surface area (Å²) < 4.78 is 18.5.